The van der Waals surface area contributed by atoms with E-state index in [0.29, 0.717) is 22.5 Å². The van der Waals surface area contributed by atoms with Gasteiger partial charge in [0.2, 0.25) is 0 Å². The number of carbonyl (C=O) groups is 1. The van der Waals surface area contributed by atoms with Crippen molar-refractivity contribution in [1.29, 1.82) is 0 Å². The van der Waals surface area contributed by atoms with Crippen molar-refractivity contribution in [1.82, 2.24) is 4.98 Å². The fraction of sp³-hybridized carbons (Fsp3) is 0.211. The first-order chi connectivity index (χ1) is 12.0. The van der Waals surface area contributed by atoms with Crippen molar-refractivity contribution in [2.45, 2.75) is 13.0 Å². The van der Waals surface area contributed by atoms with Crippen LogP contribution in [0.1, 0.15) is 17.3 Å². The number of aromatic nitrogens is 1. The summed E-state index contributed by atoms with van der Waals surface area (Å²) in [4.78, 5) is 14.3. The smallest absolute Gasteiger partial charge is 0.337 e. The summed E-state index contributed by atoms with van der Waals surface area (Å²) in [6.45, 7) is 2.44. The second-order valence-corrected chi connectivity index (χ2v) is 6.20. The van der Waals surface area contributed by atoms with E-state index in [2.05, 4.69) is 4.98 Å². The number of halogens is 1. The second-order valence-electron chi connectivity index (χ2n) is 5.79. The van der Waals surface area contributed by atoms with Gasteiger partial charge >= 0.3 is 5.97 Å². The van der Waals surface area contributed by atoms with Gasteiger partial charge < -0.3 is 19.6 Å². The molecule has 0 saturated carbocycles. The highest BCUT2D eigenvalue weighted by molar-refractivity contribution is 6.34. The number of aromatic carboxylic acids is 1. The number of hydrogen-bond donors (Lipinski definition) is 2. The molecule has 0 aliphatic heterocycles. The lowest BCUT2D eigenvalue weighted by Crippen LogP contribution is -2.17. The molecule has 0 spiro atoms. The molecule has 25 heavy (non-hydrogen) atoms. The molecule has 2 aromatic carbocycles. The van der Waals surface area contributed by atoms with E-state index < -0.39 is 5.97 Å². The Morgan fingerprint density at radius 2 is 2.00 bits per heavy atom. The van der Waals surface area contributed by atoms with Crippen molar-refractivity contribution in [3.05, 3.63) is 53.2 Å². The first kappa shape index (κ1) is 17.3. The van der Waals surface area contributed by atoms with Gasteiger partial charge in [0.25, 0.3) is 0 Å². The van der Waals surface area contributed by atoms with Crippen LogP contribution in [0.25, 0.3) is 22.0 Å². The molecule has 0 aliphatic carbocycles. The molecule has 5 nitrogen and oxygen atoms in total. The molecule has 0 saturated heterocycles. The number of nitrogens with one attached hydrogen (secondary N) is 1. The van der Waals surface area contributed by atoms with Gasteiger partial charge in [-0.05, 0) is 36.8 Å². The average molecular weight is 360 g/mol. The van der Waals surface area contributed by atoms with Crippen molar-refractivity contribution >= 4 is 28.5 Å². The number of aromatic amines is 1. The molecule has 130 valence electrons. The maximum absolute atomic E-state index is 11.3. The third-order valence-electron chi connectivity index (χ3n) is 3.90. The lowest BCUT2D eigenvalue weighted by atomic mass is 10.0. The summed E-state index contributed by atoms with van der Waals surface area (Å²) in [5, 5.41) is 10.5. The van der Waals surface area contributed by atoms with Crippen molar-refractivity contribution in [2.75, 3.05) is 13.7 Å². The molecule has 1 unspecified atom stereocenters. The van der Waals surface area contributed by atoms with E-state index in [1.54, 1.807) is 19.2 Å². The van der Waals surface area contributed by atoms with E-state index in [9.17, 15) is 9.90 Å². The Bertz CT molecular complexity index is 902. The summed E-state index contributed by atoms with van der Waals surface area (Å²) in [7, 11) is 1.63. The molecule has 1 aromatic heterocycles. The fourth-order valence-corrected chi connectivity index (χ4v) is 3.03. The van der Waals surface area contributed by atoms with Gasteiger partial charge in [0, 0.05) is 29.8 Å². The molecule has 0 amide bonds. The van der Waals surface area contributed by atoms with Crippen molar-refractivity contribution in [2.24, 2.45) is 0 Å². The minimum atomic E-state index is -0.976. The van der Waals surface area contributed by atoms with E-state index >= 15 is 0 Å². The van der Waals surface area contributed by atoms with E-state index in [1.165, 1.54) is 6.20 Å². The fourth-order valence-electron chi connectivity index (χ4n) is 2.76. The van der Waals surface area contributed by atoms with E-state index in [0.717, 1.165) is 16.9 Å². The van der Waals surface area contributed by atoms with Crippen LogP contribution >= 0.6 is 11.6 Å². The Morgan fingerprint density at radius 1 is 1.28 bits per heavy atom. The summed E-state index contributed by atoms with van der Waals surface area (Å²) >= 11 is 6.38. The predicted molar refractivity (Wildman–Crippen MR) is 97.7 cm³/mol. The van der Waals surface area contributed by atoms with E-state index in [1.807, 2.05) is 31.2 Å². The van der Waals surface area contributed by atoms with Crippen molar-refractivity contribution in [3.8, 4) is 16.9 Å². The Hall–Kier alpha value is -2.50. The number of H-pyrrole nitrogens is 1. The Balaban J connectivity index is 1.94. The van der Waals surface area contributed by atoms with Gasteiger partial charge in [0.15, 0.2) is 0 Å². The number of rotatable bonds is 6. The monoisotopic (exact) mass is 359 g/mol. The van der Waals surface area contributed by atoms with Gasteiger partial charge in [-0.25, -0.2) is 4.79 Å². The van der Waals surface area contributed by atoms with Crippen LogP contribution in [0.4, 0.5) is 0 Å². The maximum Gasteiger partial charge on any atom is 0.337 e. The summed E-state index contributed by atoms with van der Waals surface area (Å²) in [5.74, 6) is -0.242. The normalized spacial score (nSPS) is 12.3. The number of ether oxygens (including phenoxy) is 2. The number of methoxy groups -OCH3 is 1. The Morgan fingerprint density at radius 3 is 2.64 bits per heavy atom. The van der Waals surface area contributed by atoms with Crippen molar-refractivity contribution < 1.29 is 19.4 Å². The van der Waals surface area contributed by atoms with Gasteiger partial charge in [-0.2, -0.15) is 0 Å². The van der Waals surface area contributed by atoms with Crippen LogP contribution in [-0.2, 0) is 4.74 Å². The third kappa shape index (κ3) is 3.62. The van der Waals surface area contributed by atoms with Crippen molar-refractivity contribution in [3.63, 3.8) is 0 Å². The van der Waals surface area contributed by atoms with Gasteiger partial charge in [-0.3, -0.25) is 0 Å². The second kappa shape index (κ2) is 7.17. The molecular weight excluding hydrogens is 342 g/mol. The first-order valence-corrected chi connectivity index (χ1v) is 8.17. The van der Waals surface area contributed by atoms with Crippen LogP contribution in [0.5, 0.6) is 5.75 Å². The molecule has 6 heteroatoms. The van der Waals surface area contributed by atoms with Gasteiger partial charge in [-0.15, -0.1) is 0 Å². The van der Waals surface area contributed by atoms with Gasteiger partial charge in [0.1, 0.15) is 11.9 Å². The van der Waals surface area contributed by atoms with Crippen LogP contribution in [0.3, 0.4) is 0 Å². The molecular formula is C19H18ClNO4. The highest BCUT2D eigenvalue weighted by Gasteiger charge is 2.14. The highest BCUT2D eigenvalue weighted by Crippen LogP contribution is 2.34. The minimum Gasteiger partial charge on any atom is -0.488 e. The molecule has 3 rings (SSSR count). The zero-order chi connectivity index (χ0) is 18.0. The topological polar surface area (TPSA) is 71.6 Å². The van der Waals surface area contributed by atoms with Crippen LogP contribution in [0.2, 0.25) is 5.02 Å². The van der Waals surface area contributed by atoms with E-state index in [4.69, 9.17) is 21.1 Å². The summed E-state index contributed by atoms with van der Waals surface area (Å²) in [5.41, 5.74) is 2.57. The van der Waals surface area contributed by atoms with Crippen LogP contribution in [-0.4, -0.2) is 35.9 Å². The lowest BCUT2D eigenvalue weighted by Gasteiger charge is -2.14. The number of benzene rings is 2. The largest absolute Gasteiger partial charge is 0.488 e. The molecule has 0 radical (unpaired) electrons. The zero-order valence-corrected chi connectivity index (χ0v) is 14.6. The standard InChI is InChI=1S/C19H18ClNO4/c1-11(10-24-2)25-13-5-3-12(4-6-13)14-7-15-16(19(22)23)9-21-18(15)8-17(14)20/h3-9,11,21H,10H2,1-2H3,(H,22,23). The molecule has 0 bridgehead atoms. The molecule has 2 N–H and O–H groups in total. The lowest BCUT2D eigenvalue weighted by molar-refractivity contribution is 0.0699. The Kier molecular flexibility index (Phi) is 4.97. The SMILES string of the molecule is COCC(C)Oc1ccc(-c2cc3c(C(=O)O)c[nH]c3cc2Cl)cc1. The number of carboxylic acid groups (broad SMARTS) is 1. The highest BCUT2D eigenvalue weighted by atomic mass is 35.5. The summed E-state index contributed by atoms with van der Waals surface area (Å²) in [6, 6.07) is 11.0. The molecule has 3 aromatic rings. The van der Waals surface area contributed by atoms with Gasteiger partial charge in [0.05, 0.1) is 17.2 Å². The number of hydrogen-bond acceptors (Lipinski definition) is 3. The van der Waals surface area contributed by atoms with Crippen LogP contribution in [0, 0.1) is 0 Å². The number of carboxylic acids is 1. The average Bonchev–Trinajstić information content (AvgIpc) is 2.98. The third-order valence-corrected chi connectivity index (χ3v) is 4.22. The number of fused-ring (bicyclic) bond motifs is 1. The minimum absolute atomic E-state index is 0.0474. The van der Waals surface area contributed by atoms with E-state index in [-0.39, 0.29) is 11.7 Å². The summed E-state index contributed by atoms with van der Waals surface area (Å²) in [6.07, 6.45) is 1.43. The summed E-state index contributed by atoms with van der Waals surface area (Å²) < 4.78 is 10.8. The molecule has 1 heterocycles. The first-order valence-electron chi connectivity index (χ1n) is 7.79. The van der Waals surface area contributed by atoms with Crippen LogP contribution < -0.4 is 4.74 Å². The van der Waals surface area contributed by atoms with Crippen LogP contribution in [0.15, 0.2) is 42.6 Å². The Labute approximate surface area is 150 Å². The molecule has 0 aliphatic rings. The zero-order valence-electron chi connectivity index (χ0n) is 13.9. The maximum atomic E-state index is 11.3. The quantitative estimate of drug-likeness (QED) is 0.674. The molecule has 1 atom stereocenters. The predicted octanol–water partition coefficient (Wildman–Crippen LogP) is 4.60. The van der Waals surface area contributed by atoms with Gasteiger partial charge in [-0.1, -0.05) is 23.7 Å². The molecule has 0 fully saturated rings.